The average Bonchev–Trinajstić information content (AvgIpc) is 2.70. The first-order valence-electron chi connectivity index (χ1n) is 8.81. The summed E-state index contributed by atoms with van der Waals surface area (Å²) in [6, 6.07) is 16.4. The first-order valence-corrected chi connectivity index (χ1v) is 10.7. The van der Waals surface area contributed by atoms with E-state index >= 15 is 0 Å². The third kappa shape index (κ3) is 5.49. The Bertz CT molecular complexity index is 1170. The van der Waals surface area contributed by atoms with E-state index in [1.54, 1.807) is 37.3 Å². The molecule has 0 atom stereocenters. The van der Waals surface area contributed by atoms with Crippen molar-refractivity contribution >= 4 is 38.9 Å². The summed E-state index contributed by atoms with van der Waals surface area (Å²) in [5, 5.41) is 2.67. The van der Waals surface area contributed by atoms with Crippen LogP contribution in [0.15, 0.2) is 71.6 Å². The summed E-state index contributed by atoms with van der Waals surface area (Å²) in [5.41, 5.74) is 1.39. The highest BCUT2D eigenvalue weighted by Gasteiger charge is 2.15. The maximum atomic E-state index is 13.1. The van der Waals surface area contributed by atoms with Crippen molar-refractivity contribution in [3.63, 3.8) is 0 Å². The highest BCUT2D eigenvalue weighted by atomic mass is 35.5. The fourth-order valence-electron chi connectivity index (χ4n) is 2.55. The Balaban J connectivity index is 1.68. The van der Waals surface area contributed by atoms with Crippen LogP contribution in [0.1, 0.15) is 5.56 Å². The molecule has 0 fully saturated rings. The minimum absolute atomic E-state index is 0.0516. The van der Waals surface area contributed by atoms with Gasteiger partial charge in [0.1, 0.15) is 11.6 Å². The topological polar surface area (TPSA) is 84.5 Å². The van der Waals surface area contributed by atoms with Crippen molar-refractivity contribution in [3.05, 3.63) is 83.1 Å². The van der Waals surface area contributed by atoms with Gasteiger partial charge in [0, 0.05) is 5.69 Å². The van der Waals surface area contributed by atoms with E-state index in [0.717, 1.165) is 6.07 Å². The number of halogens is 2. The second kappa shape index (κ2) is 9.15. The Morgan fingerprint density at radius 2 is 1.80 bits per heavy atom. The van der Waals surface area contributed by atoms with Crippen LogP contribution in [-0.4, -0.2) is 20.9 Å². The van der Waals surface area contributed by atoms with Gasteiger partial charge in [-0.2, -0.15) is 0 Å². The van der Waals surface area contributed by atoms with Crippen LogP contribution in [0, 0.1) is 12.7 Å². The smallest absolute Gasteiger partial charge is 0.262 e. The van der Waals surface area contributed by atoms with Crippen molar-refractivity contribution in [2.24, 2.45) is 0 Å². The van der Waals surface area contributed by atoms with Gasteiger partial charge in [-0.25, -0.2) is 12.8 Å². The predicted octanol–water partition coefficient (Wildman–Crippen LogP) is 4.61. The number of ether oxygens (including phenoxy) is 1. The minimum atomic E-state index is -3.77. The molecule has 0 bridgehead atoms. The summed E-state index contributed by atoms with van der Waals surface area (Å²) in [5.74, 6) is -0.827. The number of anilines is 2. The Hall–Kier alpha value is -3.10. The van der Waals surface area contributed by atoms with E-state index in [0.29, 0.717) is 16.9 Å². The molecule has 0 aliphatic rings. The van der Waals surface area contributed by atoms with Gasteiger partial charge in [-0.15, -0.1) is 0 Å². The molecule has 0 aliphatic carbocycles. The maximum Gasteiger partial charge on any atom is 0.262 e. The third-order valence-corrected chi connectivity index (χ3v) is 5.75. The zero-order valence-corrected chi connectivity index (χ0v) is 17.4. The van der Waals surface area contributed by atoms with Gasteiger partial charge in [0.25, 0.3) is 15.9 Å². The molecular formula is C21H18ClFN2O4S. The van der Waals surface area contributed by atoms with E-state index in [-0.39, 0.29) is 22.3 Å². The van der Waals surface area contributed by atoms with Crippen LogP contribution >= 0.6 is 11.6 Å². The molecular weight excluding hydrogens is 431 g/mol. The number of aryl methyl sites for hydroxylation is 1. The van der Waals surface area contributed by atoms with Gasteiger partial charge in [0.15, 0.2) is 6.61 Å². The third-order valence-electron chi connectivity index (χ3n) is 4.07. The normalized spacial score (nSPS) is 11.0. The van der Waals surface area contributed by atoms with Crippen LogP contribution in [0.25, 0.3) is 0 Å². The fraction of sp³-hybridized carbons (Fsp3) is 0.0952. The van der Waals surface area contributed by atoms with Crippen LogP contribution in [0.5, 0.6) is 5.75 Å². The molecule has 0 unspecified atom stereocenters. The van der Waals surface area contributed by atoms with Crippen molar-refractivity contribution in [2.75, 3.05) is 16.6 Å². The zero-order chi connectivity index (χ0) is 21.7. The van der Waals surface area contributed by atoms with Crippen molar-refractivity contribution in [1.82, 2.24) is 0 Å². The number of hydrogen-bond donors (Lipinski definition) is 2. The lowest BCUT2D eigenvalue weighted by atomic mass is 10.2. The molecule has 3 aromatic carbocycles. The predicted molar refractivity (Wildman–Crippen MR) is 114 cm³/mol. The van der Waals surface area contributed by atoms with E-state index < -0.39 is 21.7 Å². The molecule has 9 heteroatoms. The molecule has 6 nitrogen and oxygen atoms in total. The lowest BCUT2D eigenvalue weighted by Gasteiger charge is -2.13. The first kappa shape index (κ1) is 21.6. The van der Waals surface area contributed by atoms with Crippen molar-refractivity contribution in [1.29, 1.82) is 0 Å². The summed E-state index contributed by atoms with van der Waals surface area (Å²) in [6.45, 7) is 1.39. The Labute approximate surface area is 178 Å². The van der Waals surface area contributed by atoms with Crippen LogP contribution in [-0.2, 0) is 14.8 Å². The zero-order valence-electron chi connectivity index (χ0n) is 15.9. The van der Waals surface area contributed by atoms with Crippen LogP contribution in [0.3, 0.4) is 0 Å². The summed E-state index contributed by atoms with van der Waals surface area (Å²) in [6.07, 6.45) is 0. The summed E-state index contributed by atoms with van der Waals surface area (Å²) in [4.78, 5) is 12.3. The Morgan fingerprint density at radius 3 is 2.50 bits per heavy atom. The van der Waals surface area contributed by atoms with E-state index in [2.05, 4.69) is 10.0 Å². The molecule has 3 aromatic rings. The van der Waals surface area contributed by atoms with Crippen LogP contribution < -0.4 is 14.8 Å². The molecule has 0 spiro atoms. The number of benzene rings is 3. The summed E-state index contributed by atoms with van der Waals surface area (Å²) < 4.78 is 46.0. The second-order valence-corrected chi connectivity index (χ2v) is 8.45. The number of carbonyl (C=O) groups excluding carboxylic acids is 1. The lowest BCUT2D eigenvalue weighted by molar-refractivity contribution is -0.118. The molecule has 0 aromatic heterocycles. The SMILES string of the molecule is Cc1ccc(NC(=O)COc2ccc(F)cc2Cl)cc1NS(=O)(=O)c1ccccc1. The van der Waals surface area contributed by atoms with Crippen LogP contribution in [0.4, 0.5) is 15.8 Å². The number of sulfonamides is 1. The van der Waals surface area contributed by atoms with Gasteiger partial charge in [0.05, 0.1) is 15.6 Å². The number of rotatable bonds is 7. The molecule has 0 saturated carbocycles. The second-order valence-electron chi connectivity index (χ2n) is 6.36. The molecule has 30 heavy (non-hydrogen) atoms. The van der Waals surface area contributed by atoms with Crippen molar-refractivity contribution < 1.29 is 22.3 Å². The number of amides is 1. The van der Waals surface area contributed by atoms with Gasteiger partial charge >= 0.3 is 0 Å². The lowest BCUT2D eigenvalue weighted by Crippen LogP contribution is -2.20. The highest BCUT2D eigenvalue weighted by molar-refractivity contribution is 7.92. The molecule has 0 heterocycles. The van der Waals surface area contributed by atoms with Gasteiger partial charge in [-0.3, -0.25) is 9.52 Å². The monoisotopic (exact) mass is 448 g/mol. The van der Waals surface area contributed by atoms with Crippen molar-refractivity contribution in [3.8, 4) is 5.75 Å². The fourth-order valence-corrected chi connectivity index (χ4v) is 3.91. The van der Waals surface area contributed by atoms with E-state index in [1.807, 2.05) is 0 Å². The van der Waals surface area contributed by atoms with E-state index in [4.69, 9.17) is 16.3 Å². The first-order chi connectivity index (χ1) is 14.2. The average molecular weight is 449 g/mol. The largest absolute Gasteiger partial charge is 0.482 e. The quantitative estimate of drug-likeness (QED) is 0.553. The van der Waals surface area contributed by atoms with Gasteiger partial charge in [-0.05, 0) is 55.0 Å². The van der Waals surface area contributed by atoms with Gasteiger partial charge < -0.3 is 10.1 Å². The molecule has 0 saturated heterocycles. The highest BCUT2D eigenvalue weighted by Crippen LogP contribution is 2.26. The van der Waals surface area contributed by atoms with E-state index in [1.165, 1.54) is 30.3 Å². The molecule has 3 rings (SSSR count). The van der Waals surface area contributed by atoms with E-state index in [9.17, 15) is 17.6 Å². The molecule has 0 aliphatic heterocycles. The van der Waals surface area contributed by atoms with Crippen LogP contribution in [0.2, 0.25) is 5.02 Å². The van der Waals surface area contributed by atoms with Crippen molar-refractivity contribution in [2.45, 2.75) is 11.8 Å². The van der Waals surface area contributed by atoms with Gasteiger partial charge in [-0.1, -0.05) is 35.9 Å². The summed E-state index contributed by atoms with van der Waals surface area (Å²) in [7, 11) is -3.77. The molecule has 0 radical (unpaired) electrons. The standard InChI is InChI=1S/C21H18ClFN2O4S/c1-14-7-9-16(12-19(14)25-30(27,28)17-5-3-2-4-6-17)24-21(26)13-29-20-10-8-15(23)11-18(20)22/h2-12,25H,13H2,1H3,(H,24,26). The summed E-state index contributed by atoms with van der Waals surface area (Å²) >= 11 is 5.86. The number of carbonyl (C=O) groups is 1. The number of hydrogen-bond acceptors (Lipinski definition) is 4. The minimum Gasteiger partial charge on any atom is -0.482 e. The number of nitrogens with one attached hydrogen (secondary N) is 2. The Kier molecular flexibility index (Phi) is 6.59. The molecule has 2 N–H and O–H groups in total. The Morgan fingerprint density at radius 1 is 1.07 bits per heavy atom. The maximum absolute atomic E-state index is 13.1. The van der Waals surface area contributed by atoms with Gasteiger partial charge in [0.2, 0.25) is 0 Å². The molecule has 1 amide bonds. The molecule has 156 valence electrons.